The lowest BCUT2D eigenvalue weighted by Gasteiger charge is -2.33. The van der Waals surface area contributed by atoms with Crippen LogP contribution in [-0.4, -0.2) is 58.5 Å². The Labute approximate surface area is 249 Å². The molecule has 0 aliphatic heterocycles. The summed E-state index contributed by atoms with van der Waals surface area (Å²) in [6, 6.07) is 19.5. The van der Waals surface area contributed by atoms with E-state index in [9.17, 15) is 18.0 Å². The molecular formula is C32H41N3O6S. The Morgan fingerprint density at radius 1 is 0.929 bits per heavy atom. The number of nitrogens with one attached hydrogen (secondary N) is 1. The lowest BCUT2D eigenvalue weighted by molar-refractivity contribution is -0.140. The minimum Gasteiger partial charge on any atom is -0.497 e. The fourth-order valence-corrected chi connectivity index (χ4v) is 5.89. The summed E-state index contributed by atoms with van der Waals surface area (Å²) in [5.74, 6) is 0.0340. The molecule has 0 saturated carbocycles. The van der Waals surface area contributed by atoms with Crippen molar-refractivity contribution in [2.45, 2.75) is 51.6 Å². The number of ether oxygens (including phenoxy) is 2. The molecule has 0 aromatic heterocycles. The van der Waals surface area contributed by atoms with E-state index in [1.807, 2.05) is 52.0 Å². The molecular weight excluding hydrogens is 554 g/mol. The van der Waals surface area contributed by atoms with Crippen LogP contribution >= 0.6 is 0 Å². The quantitative estimate of drug-likeness (QED) is 0.288. The molecule has 0 fully saturated rings. The fraction of sp³-hybridized carbons (Fsp3) is 0.375. The number of hydrogen-bond acceptors (Lipinski definition) is 6. The molecule has 226 valence electrons. The molecule has 0 aliphatic carbocycles. The smallest absolute Gasteiger partial charge is 0.264 e. The van der Waals surface area contributed by atoms with Crippen LogP contribution in [0.5, 0.6) is 11.5 Å². The van der Waals surface area contributed by atoms with E-state index in [2.05, 4.69) is 5.32 Å². The molecule has 1 N–H and O–H groups in total. The van der Waals surface area contributed by atoms with Crippen molar-refractivity contribution in [1.82, 2.24) is 10.2 Å². The predicted molar refractivity (Wildman–Crippen MR) is 164 cm³/mol. The summed E-state index contributed by atoms with van der Waals surface area (Å²) in [6.07, 6.45) is 0.343. The van der Waals surface area contributed by atoms with E-state index >= 15 is 0 Å². The van der Waals surface area contributed by atoms with Crippen molar-refractivity contribution >= 4 is 27.5 Å². The third-order valence-electron chi connectivity index (χ3n) is 6.81. The Morgan fingerprint density at radius 3 is 2.17 bits per heavy atom. The number of anilines is 1. The van der Waals surface area contributed by atoms with E-state index in [-0.39, 0.29) is 34.7 Å². The van der Waals surface area contributed by atoms with Gasteiger partial charge in [0, 0.05) is 19.2 Å². The normalized spacial score (nSPS) is 12.0. The molecule has 0 heterocycles. The highest BCUT2D eigenvalue weighted by atomic mass is 32.2. The zero-order valence-corrected chi connectivity index (χ0v) is 26.0. The number of rotatable bonds is 14. The van der Waals surface area contributed by atoms with Gasteiger partial charge >= 0.3 is 0 Å². The second-order valence-corrected chi connectivity index (χ2v) is 12.3. The summed E-state index contributed by atoms with van der Waals surface area (Å²) in [7, 11) is -1.35. The largest absolute Gasteiger partial charge is 0.497 e. The molecule has 0 spiro atoms. The van der Waals surface area contributed by atoms with Crippen LogP contribution in [-0.2, 0) is 26.2 Å². The second kappa shape index (κ2) is 14.7. The Morgan fingerprint density at radius 2 is 1.60 bits per heavy atom. The van der Waals surface area contributed by atoms with E-state index in [0.717, 1.165) is 15.4 Å². The first-order valence-corrected chi connectivity index (χ1v) is 15.4. The molecule has 0 saturated heterocycles. The van der Waals surface area contributed by atoms with Crippen LogP contribution in [0.1, 0.15) is 38.3 Å². The van der Waals surface area contributed by atoms with Crippen molar-refractivity contribution in [3.8, 4) is 11.5 Å². The number of methoxy groups -OCH3 is 2. The van der Waals surface area contributed by atoms with E-state index in [1.165, 1.54) is 37.3 Å². The number of carbonyl (C=O) groups is 2. The van der Waals surface area contributed by atoms with Crippen molar-refractivity contribution in [3.05, 3.63) is 83.9 Å². The van der Waals surface area contributed by atoms with Crippen molar-refractivity contribution in [1.29, 1.82) is 0 Å². The molecule has 3 aromatic rings. The molecule has 1 atom stereocenters. The SMILES string of the molecule is CC[C@@H](C(=O)NCC(C)C)N(Cc1ccc(C)cc1)C(=O)CN(c1cc(OC)ccc1OC)S(=O)(=O)c1ccccc1. The molecule has 10 heteroatoms. The van der Waals surface area contributed by atoms with E-state index in [1.54, 1.807) is 30.3 Å². The maximum absolute atomic E-state index is 14.2. The summed E-state index contributed by atoms with van der Waals surface area (Å²) in [5.41, 5.74) is 2.02. The van der Waals surface area contributed by atoms with Gasteiger partial charge in [-0.1, -0.05) is 68.8 Å². The Bertz CT molecular complexity index is 1440. The summed E-state index contributed by atoms with van der Waals surface area (Å²) in [6.45, 7) is 7.79. The standard InChI is InChI=1S/C32H41N3O6S/c1-7-28(32(37)33-20-23(2)3)34(21-25-15-13-24(4)14-16-25)31(36)22-35(42(38,39)27-11-9-8-10-12-27)29-19-26(40-5)17-18-30(29)41-6/h8-19,23,28H,7,20-22H2,1-6H3,(H,33,37)/t28-/m0/s1. The fourth-order valence-electron chi connectivity index (χ4n) is 4.46. The average Bonchev–Trinajstić information content (AvgIpc) is 2.99. The van der Waals surface area contributed by atoms with E-state index in [0.29, 0.717) is 18.7 Å². The lowest BCUT2D eigenvalue weighted by Crippen LogP contribution is -2.52. The van der Waals surface area contributed by atoms with Gasteiger partial charge in [0.05, 0.1) is 24.8 Å². The summed E-state index contributed by atoms with van der Waals surface area (Å²) >= 11 is 0. The predicted octanol–water partition coefficient (Wildman–Crippen LogP) is 4.79. The molecule has 0 bridgehead atoms. The maximum atomic E-state index is 14.2. The summed E-state index contributed by atoms with van der Waals surface area (Å²) in [4.78, 5) is 29.1. The summed E-state index contributed by atoms with van der Waals surface area (Å²) < 4.78 is 40.1. The van der Waals surface area contributed by atoms with Gasteiger partial charge in [0.15, 0.2) is 0 Å². The zero-order chi connectivity index (χ0) is 30.9. The molecule has 0 unspecified atom stereocenters. The second-order valence-electron chi connectivity index (χ2n) is 10.4. The van der Waals surface area contributed by atoms with Crippen LogP contribution in [0, 0.1) is 12.8 Å². The van der Waals surface area contributed by atoms with Crippen LogP contribution < -0.4 is 19.1 Å². The van der Waals surface area contributed by atoms with E-state index < -0.39 is 28.5 Å². The van der Waals surface area contributed by atoms with Crippen LogP contribution in [0.15, 0.2) is 77.7 Å². The third kappa shape index (κ3) is 8.03. The number of carbonyl (C=O) groups excluding carboxylic acids is 2. The number of amides is 2. The topological polar surface area (TPSA) is 105 Å². The minimum absolute atomic E-state index is 0.00877. The molecule has 42 heavy (non-hydrogen) atoms. The van der Waals surface area contributed by atoms with Gasteiger partial charge in [-0.2, -0.15) is 0 Å². The van der Waals surface area contributed by atoms with Gasteiger partial charge in [-0.15, -0.1) is 0 Å². The van der Waals surface area contributed by atoms with Gasteiger partial charge in [0.1, 0.15) is 24.1 Å². The monoisotopic (exact) mass is 595 g/mol. The van der Waals surface area contributed by atoms with Crippen LogP contribution in [0.25, 0.3) is 0 Å². The van der Waals surface area contributed by atoms with Crippen molar-refractivity contribution in [2.75, 3.05) is 31.6 Å². The first-order chi connectivity index (χ1) is 20.0. The number of hydrogen-bond donors (Lipinski definition) is 1. The first-order valence-electron chi connectivity index (χ1n) is 13.9. The highest BCUT2D eigenvalue weighted by Crippen LogP contribution is 2.36. The Kier molecular flexibility index (Phi) is 11.4. The third-order valence-corrected chi connectivity index (χ3v) is 8.58. The number of nitrogens with zero attached hydrogens (tertiary/aromatic N) is 2. The maximum Gasteiger partial charge on any atom is 0.264 e. The van der Waals surface area contributed by atoms with Gasteiger partial charge in [-0.25, -0.2) is 8.42 Å². The first kappa shape index (κ1) is 32.5. The number of sulfonamides is 1. The number of benzene rings is 3. The lowest BCUT2D eigenvalue weighted by atomic mass is 10.1. The van der Waals surface area contributed by atoms with Crippen LogP contribution in [0.2, 0.25) is 0 Å². The number of aryl methyl sites for hydroxylation is 1. The Hall–Kier alpha value is -4.05. The molecule has 9 nitrogen and oxygen atoms in total. The van der Waals surface area contributed by atoms with Crippen LogP contribution in [0.3, 0.4) is 0 Å². The van der Waals surface area contributed by atoms with Crippen molar-refractivity contribution < 1.29 is 27.5 Å². The van der Waals surface area contributed by atoms with Crippen molar-refractivity contribution in [3.63, 3.8) is 0 Å². The molecule has 3 rings (SSSR count). The molecule has 0 radical (unpaired) electrons. The van der Waals surface area contributed by atoms with Crippen molar-refractivity contribution in [2.24, 2.45) is 5.92 Å². The summed E-state index contributed by atoms with van der Waals surface area (Å²) in [5, 5.41) is 2.94. The minimum atomic E-state index is -4.24. The Balaban J connectivity index is 2.12. The zero-order valence-electron chi connectivity index (χ0n) is 25.2. The average molecular weight is 596 g/mol. The van der Waals surface area contributed by atoms with Crippen LogP contribution in [0.4, 0.5) is 5.69 Å². The van der Waals surface area contributed by atoms with Gasteiger partial charge in [-0.05, 0) is 49.1 Å². The highest BCUT2D eigenvalue weighted by Gasteiger charge is 2.35. The van der Waals surface area contributed by atoms with Gasteiger partial charge in [-0.3, -0.25) is 13.9 Å². The van der Waals surface area contributed by atoms with Gasteiger partial charge < -0.3 is 19.7 Å². The molecule has 0 aliphatic rings. The van der Waals surface area contributed by atoms with Gasteiger partial charge in [0.25, 0.3) is 10.0 Å². The van der Waals surface area contributed by atoms with E-state index in [4.69, 9.17) is 9.47 Å². The highest BCUT2D eigenvalue weighted by molar-refractivity contribution is 7.92. The molecule has 2 amide bonds. The molecule has 3 aromatic carbocycles. The van der Waals surface area contributed by atoms with Gasteiger partial charge in [0.2, 0.25) is 11.8 Å².